The highest BCUT2D eigenvalue weighted by molar-refractivity contribution is 7.80. The number of amides is 1. The second-order valence-corrected chi connectivity index (χ2v) is 20.7. The first-order valence-electron chi connectivity index (χ1n) is 27.7. The summed E-state index contributed by atoms with van der Waals surface area (Å²) >= 11 is 0. The number of hydrogen-bond acceptors (Lipinski definition) is 11. The van der Waals surface area contributed by atoms with Gasteiger partial charge in [0.05, 0.1) is 25.4 Å². The normalized spacial score (nSPS) is 20.4. The Morgan fingerprint density at radius 2 is 0.955 bits per heavy atom. The number of ether oxygens (including phenoxy) is 2. The molecule has 8 atom stereocenters. The largest absolute Gasteiger partial charge is 0.397 e. The number of carbonyl (C=O) groups excluding carboxylic acids is 1. The van der Waals surface area contributed by atoms with Gasteiger partial charge in [0.1, 0.15) is 30.5 Å². The number of nitrogens with one attached hydrogen (secondary N) is 1. The third-order valence-electron chi connectivity index (χ3n) is 13.4. The van der Waals surface area contributed by atoms with Gasteiger partial charge in [0, 0.05) is 0 Å². The lowest BCUT2D eigenvalue weighted by molar-refractivity contribution is -0.298. The minimum absolute atomic E-state index is 0.256. The van der Waals surface area contributed by atoms with Gasteiger partial charge in [-0.2, -0.15) is 8.42 Å². The quantitative estimate of drug-likeness (QED) is 0.0172. The molecule has 1 aliphatic heterocycles. The Balaban J connectivity index is 2.44. The number of hydrogen-bond donors (Lipinski definition) is 7. The zero-order valence-electron chi connectivity index (χ0n) is 42.6. The number of rotatable bonds is 48. The second-order valence-electron chi connectivity index (χ2n) is 19.7. The van der Waals surface area contributed by atoms with Crippen LogP contribution in [0.15, 0.2) is 12.2 Å². The summed E-state index contributed by atoms with van der Waals surface area (Å²) in [7, 11) is -5.11. The molecule has 0 bridgehead atoms. The maximum atomic E-state index is 13.2. The molecular formula is C53H103NO12S. The maximum Gasteiger partial charge on any atom is 0.397 e. The molecule has 0 radical (unpaired) electrons. The summed E-state index contributed by atoms with van der Waals surface area (Å²) in [5.74, 6) is -0.670. The van der Waals surface area contributed by atoms with Crippen molar-refractivity contribution in [2.75, 3.05) is 13.2 Å². The van der Waals surface area contributed by atoms with Crippen LogP contribution in [0.3, 0.4) is 0 Å². The van der Waals surface area contributed by atoms with E-state index in [0.717, 1.165) is 57.8 Å². The Kier molecular flexibility index (Phi) is 41.5. The van der Waals surface area contributed by atoms with Crippen LogP contribution in [0.5, 0.6) is 0 Å². The van der Waals surface area contributed by atoms with Crippen LogP contribution in [0.1, 0.15) is 258 Å². The van der Waals surface area contributed by atoms with E-state index in [1.165, 1.54) is 161 Å². The van der Waals surface area contributed by atoms with Crippen LogP contribution in [0, 0.1) is 0 Å². The maximum absolute atomic E-state index is 13.2. The van der Waals surface area contributed by atoms with Gasteiger partial charge >= 0.3 is 10.4 Å². The minimum Gasteiger partial charge on any atom is -0.394 e. The van der Waals surface area contributed by atoms with Crippen molar-refractivity contribution in [3.8, 4) is 0 Å². The van der Waals surface area contributed by atoms with Crippen LogP contribution in [0.4, 0.5) is 0 Å². The Bertz CT molecular complexity index is 1260. The van der Waals surface area contributed by atoms with Crippen LogP contribution in [-0.4, -0.2) is 107 Å². The monoisotopic (exact) mass is 978 g/mol. The molecule has 1 amide bonds. The first kappa shape index (κ1) is 63.8. The molecule has 7 N–H and O–H groups in total. The molecular weight excluding hydrogens is 875 g/mol. The Morgan fingerprint density at radius 1 is 0.582 bits per heavy atom. The summed E-state index contributed by atoms with van der Waals surface area (Å²) in [6.07, 6.45) is 38.1. The molecule has 67 heavy (non-hydrogen) atoms. The zero-order chi connectivity index (χ0) is 49.2. The number of unbranched alkanes of at least 4 members (excludes halogenated alkanes) is 33. The van der Waals surface area contributed by atoms with E-state index in [1.54, 1.807) is 0 Å². The molecule has 14 heteroatoms. The van der Waals surface area contributed by atoms with E-state index in [9.17, 15) is 43.3 Å². The van der Waals surface area contributed by atoms with Crippen LogP contribution in [0.2, 0.25) is 0 Å². The Morgan fingerprint density at radius 3 is 1.34 bits per heavy atom. The third kappa shape index (κ3) is 35.5. The third-order valence-corrected chi connectivity index (χ3v) is 13.9. The van der Waals surface area contributed by atoms with Gasteiger partial charge in [-0.3, -0.25) is 9.35 Å². The first-order chi connectivity index (χ1) is 32.4. The Labute approximate surface area is 409 Å². The molecule has 1 aliphatic rings. The number of aliphatic hydroxyl groups is 5. The molecule has 1 fully saturated rings. The average molecular weight is 978 g/mol. The Hall–Kier alpha value is -1.20. The topological polar surface area (TPSA) is 212 Å². The fraction of sp³-hybridized carbons (Fsp3) is 0.943. The van der Waals surface area contributed by atoms with Gasteiger partial charge in [0.15, 0.2) is 6.29 Å². The lowest BCUT2D eigenvalue weighted by atomic mass is 9.99. The van der Waals surface area contributed by atoms with Gasteiger partial charge in [-0.15, -0.1) is 0 Å². The molecule has 0 saturated carbocycles. The van der Waals surface area contributed by atoms with E-state index in [2.05, 4.69) is 35.5 Å². The van der Waals surface area contributed by atoms with E-state index in [4.69, 9.17) is 9.47 Å². The van der Waals surface area contributed by atoms with Gasteiger partial charge in [0.25, 0.3) is 0 Å². The highest BCUT2D eigenvalue weighted by Crippen LogP contribution is 2.26. The summed E-state index contributed by atoms with van der Waals surface area (Å²) in [5.41, 5.74) is 0. The van der Waals surface area contributed by atoms with E-state index in [0.29, 0.717) is 19.3 Å². The van der Waals surface area contributed by atoms with Crippen molar-refractivity contribution in [3.05, 3.63) is 12.2 Å². The molecule has 0 spiro atoms. The SMILES string of the molecule is CCCCCCCCCCCCC/C=C\CCCCCCCCC(O)C(=O)NC(COC1OC(CO)C(O)C(OS(=O)(=O)O)C1O)C(O)CCCCCCCCCCCCCCCCCCC. The van der Waals surface area contributed by atoms with Crippen LogP contribution < -0.4 is 5.32 Å². The van der Waals surface area contributed by atoms with Gasteiger partial charge in [-0.1, -0.05) is 231 Å². The van der Waals surface area contributed by atoms with Gasteiger partial charge < -0.3 is 40.3 Å². The van der Waals surface area contributed by atoms with E-state index >= 15 is 0 Å². The van der Waals surface area contributed by atoms with Crippen molar-refractivity contribution in [1.29, 1.82) is 0 Å². The molecule has 13 nitrogen and oxygen atoms in total. The van der Waals surface area contributed by atoms with Gasteiger partial charge in [-0.05, 0) is 38.5 Å². The van der Waals surface area contributed by atoms with E-state index < -0.39 is 78.5 Å². The fourth-order valence-electron chi connectivity index (χ4n) is 9.05. The summed E-state index contributed by atoms with van der Waals surface area (Å²) in [6.45, 7) is 3.32. The van der Waals surface area contributed by atoms with E-state index in [-0.39, 0.29) is 6.42 Å². The zero-order valence-corrected chi connectivity index (χ0v) is 43.4. The van der Waals surface area contributed by atoms with Crippen molar-refractivity contribution >= 4 is 16.3 Å². The number of aliphatic hydroxyl groups excluding tert-OH is 5. The van der Waals surface area contributed by atoms with Crippen LogP contribution in [0.25, 0.3) is 0 Å². The standard InChI is InChI=1S/C53H103NO12S/c1-3-5-7-9-11-13-15-17-19-21-22-23-24-26-28-30-32-34-36-38-40-42-47(57)52(60)54-45(44-64-53-50(59)51(66-67(61,62)63)49(58)48(43-55)65-53)46(56)41-39-37-35-33-31-29-27-25-20-18-16-14-12-10-8-6-4-2/h24,26,45-51,53,55-59H,3-23,25,27-44H2,1-2H3,(H,54,60)(H,61,62,63)/b26-24-. The lowest BCUT2D eigenvalue weighted by Gasteiger charge is -2.41. The predicted molar refractivity (Wildman–Crippen MR) is 270 cm³/mol. The first-order valence-corrected chi connectivity index (χ1v) is 29.0. The van der Waals surface area contributed by atoms with Gasteiger partial charge in [-0.25, -0.2) is 4.18 Å². The molecule has 0 aromatic rings. The lowest BCUT2D eigenvalue weighted by Crippen LogP contribution is -2.61. The van der Waals surface area contributed by atoms with Crippen molar-refractivity contribution in [1.82, 2.24) is 5.32 Å². The highest BCUT2D eigenvalue weighted by Gasteiger charge is 2.48. The minimum atomic E-state index is -5.11. The van der Waals surface area contributed by atoms with Crippen molar-refractivity contribution in [2.45, 2.75) is 307 Å². The van der Waals surface area contributed by atoms with Crippen molar-refractivity contribution in [3.63, 3.8) is 0 Å². The summed E-state index contributed by atoms with van der Waals surface area (Å²) in [5, 5.41) is 55.6. The number of allylic oxidation sites excluding steroid dienone is 2. The van der Waals surface area contributed by atoms with Crippen molar-refractivity contribution < 1.29 is 57.0 Å². The molecule has 0 aliphatic carbocycles. The molecule has 1 heterocycles. The predicted octanol–water partition coefficient (Wildman–Crippen LogP) is 11.3. The second kappa shape index (κ2) is 43.6. The summed E-state index contributed by atoms with van der Waals surface area (Å²) in [6, 6.07) is -1.03. The summed E-state index contributed by atoms with van der Waals surface area (Å²) < 4.78 is 47.8. The van der Waals surface area contributed by atoms with E-state index in [1.807, 2.05) is 0 Å². The molecule has 1 rings (SSSR count). The summed E-state index contributed by atoms with van der Waals surface area (Å²) in [4.78, 5) is 13.2. The average Bonchev–Trinajstić information content (AvgIpc) is 3.30. The van der Waals surface area contributed by atoms with Gasteiger partial charge in [0.2, 0.25) is 5.91 Å². The fourth-order valence-corrected chi connectivity index (χ4v) is 9.56. The number of carbonyl (C=O) groups is 1. The molecule has 8 unspecified atom stereocenters. The highest BCUT2D eigenvalue weighted by atomic mass is 32.3. The smallest absolute Gasteiger partial charge is 0.394 e. The molecule has 398 valence electrons. The van der Waals surface area contributed by atoms with Crippen LogP contribution >= 0.6 is 0 Å². The van der Waals surface area contributed by atoms with Crippen LogP contribution in [-0.2, 0) is 28.9 Å². The molecule has 0 aromatic heterocycles. The van der Waals surface area contributed by atoms with Crippen molar-refractivity contribution in [2.24, 2.45) is 0 Å². The molecule has 0 aromatic carbocycles. The molecule has 1 saturated heterocycles.